The van der Waals surface area contributed by atoms with E-state index in [1.165, 1.54) is 44.5 Å². The number of aryl methyl sites for hydroxylation is 1. The van der Waals surface area contributed by atoms with Crippen molar-refractivity contribution in [2.24, 2.45) is 5.16 Å². The van der Waals surface area contributed by atoms with E-state index in [0.29, 0.717) is 0 Å². The monoisotopic (exact) mass is 520 g/mol. The van der Waals surface area contributed by atoms with E-state index in [-0.39, 0.29) is 22.5 Å². The molecule has 2 N–H and O–H groups in total. The van der Waals surface area contributed by atoms with Gasteiger partial charge in [-0.3, -0.25) is 9.59 Å². The summed E-state index contributed by atoms with van der Waals surface area (Å²) < 4.78 is 80.4. The molecule has 0 bridgehead atoms. The summed E-state index contributed by atoms with van der Waals surface area (Å²) >= 11 is 0. The van der Waals surface area contributed by atoms with E-state index in [1.807, 2.05) is 0 Å². The van der Waals surface area contributed by atoms with Gasteiger partial charge in [-0.2, -0.15) is 26.3 Å². The van der Waals surface area contributed by atoms with Crippen LogP contribution in [-0.4, -0.2) is 54.1 Å². The number of nitrogens with one attached hydrogen (secondary N) is 2. The molecule has 2 aromatic rings. The van der Waals surface area contributed by atoms with E-state index < -0.39 is 41.7 Å². The molecule has 1 heterocycles. The molecular weight excluding hydrogens is 498 g/mol. The third kappa shape index (κ3) is 7.58. The van der Waals surface area contributed by atoms with Crippen molar-refractivity contribution in [2.75, 3.05) is 12.4 Å². The van der Waals surface area contributed by atoms with Crippen molar-refractivity contribution in [1.82, 2.24) is 10.3 Å². The number of carbonyl (C=O) groups excluding carboxylic acids is 2. The van der Waals surface area contributed by atoms with Gasteiger partial charge in [-0.15, -0.1) is 0 Å². The second kappa shape index (κ2) is 10.8. The van der Waals surface area contributed by atoms with Crippen LogP contribution in [0.3, 0.4) is 0 Å². The van der Waals surface area contributed by atoms with E-state index in [0.717, 1.165) is 12.1 Å². The van der Waals surface area contributed by atoms with Gasteiger partial charge < -0.3 is 20.2 Å². The highest BCUT2D eigenvalue weighted by Crippen LogP contribution is 2.36. The Balaban J connectivity index is 2.24. The summed E-state index contributed by atoms with van der Waals surface area (Å²) in [4.78, 5) is 33.8. The van der Waals surface area contributed by atoms with Crippen molar-refractivity contribution in [2.45, 2.75) is 44.8 Å². The zero-order valence-corrected chi connectivity index (χ0v) is 19.4. The minimum absolute atomic E-state index is 0.00217. The molecule has 2 amide bonds. The smallest absolute Gasteiger partial charge is 0.434 e. The molecule has 1 aromatic heterocycles. The largest absolute Gasteiger partial charge is 0.455 e. The topological polar surface area (TPSA) is 102 Å². The second-order valence-electron chi connectivity index (χ2n) is 7.96. The first-order valence-corrected chi connectivity index (χ1v) is 10.1. The molecule has 0 aliphatic rings. The number of alkyl halides is 6. The van der Waals surface area contributed by atoms with Crippen LogP contribution in [0.25, 0.3) is 0 Å². The van der Waals surface area contributed by atoms with Crippen molar-refractivity contribution in [3.63, 3.8) is 0 Å². The summed E-state index contributed by atoms with van der Waals surface area (Å²) in [5.74, 6) is -2.33. The van der Waals surface area contributed by atoms with Crippen LogP contribution in [0, 0.1) is 6.92 Å². The van der Waals surface area contributed by atoms with Gasteiger partial charge in [0.05, 0.1) is 34.3 Å². The maximum absolute atomic E-state index is 12.9. The van der Waals surface area contributed by atoms with E-state index in [9.17, 15) is 35.9 Å². The zero-order chi connectivity index (χ0) is 27.3. The van der Waals surface area contributed by atoms with Gasteiger partial charge in [0.2, 0.25) is 5.88 Å². The molecule has 1 aromatic carbocycles. The normalized spacial score (nSPS) is 12.5. The van der Waals surface area contributed by atoms with Gasteiger partial charge in [0.15, 0.2) is 0 Å². The number of nitrogens with zero attached hydrogens (tertiary/aromatic N) is 2. The number of aromatic nitrogens is 1. The van der Waals surface area contributed by atoms with Gasteiger partial charge in [0, 0.05) is 6.07 Å². The van der Waals surface area contributed by atoms with Gasteiger partial charge in [-0.05, 0) is 39.0 Å². The highest BCUT2D eigenvalue weighted by atomic mass is 19.4. The van der Waals surface area contributed by atoms with Crippen molar-refractivity contribution in [1.29, 1.82) is 0 Å². The van der Waals surface area contributed by atoms with Gasteiger partial charge in [0.25, 0.3) is 17.9 Å². The highest BCUT2D eigenvalue weighted by molar-refractivity contribution is 6.12. The predicted octanol–water partition coefficient (Wildman–Crippen LogP) is 4.65. The van der Waals surface area contributed by atoms with Crippen LogP contribution < -0.4 is 15.4 Å². The fourth-order valence-electron chi connectivity index (χ4n) is 2.82. The van der Waals surface area contributed by atoms with Crippen LogP contribution in [0.1, 0.15) is 40.3 Å². The van der Waals surface area contributed by atoms with Crippen LogP contribution in [0.4, 0.5) is 32.0 Å². The van der Waals surface area contributed by atoms with Crippen LogP contribution >= 0.6 is 0 Å². The number of halogens is 6. The lowest BCUT2D eigenvalue weighted by Gasteiger charge is -2.23. The number of ether oxygens (including phenoxy) is 1. The summed E-state index contributed by atoms with van der Waals surface area (Å²) in [6.07, 6.45) is -14.2. The second-order valence-corrected chi connectivity index (χ2v) is 7.96. The molecular formula is C22H22F6N4O4. The van der Waals surface area contributed by atoms with Gasteiger partial charge >= 0.3 is 12.4 Å². The number of benzene rings is 1. The average Bonchev–Trinajstić information content (AvgIpc) is 2.76. The van der Waals surface area contributed by atoms with Crippen molar-refractivity contribution in [3.05, 3.63) is 53.2 Å². The Morgan fingerprint density at radius 3 is 2.03 bits per heavy atom. The molecule has 0 atom stereocenters. The molecule has 8 nitrogen and oxygen atoms in total. The Morgan fingerprint density at radius 2 is 1.53 bits per heavy atom. The standard InChI is InChI=1S/C22H22F6N4O4/c1-12-15(9-10-16(30-12)36-19(21(23,24)25)22(26,27)28)31-17(33)13-7-5-6-8-14(13)18(34)32-20(2,3)11-29-35-4/h5-11,19H,1-4H3,(H,31,33)(H,32,34). The first kappa shape index (κ1) is 28.4. The quantitative estimate of drug-likeness (QED) is 0.300. The lowest BCUT2D eigenvalue weighted by Crippen LogP contribution is -2.46. The number of hydrogen-bond donors (Lipinski definition) is 2. The fraction of sp³-hybridized carbons (Fsp3) is 0.364. The number of carbonyl (C=O) groups is 2. The van der Waals surface area contributed by atoms with Crippen LogP contribution in [0.15, 0.2) is 41.6 Å². The van der Waals surface area contributed by atoms with E-state index in [1.54, 1.807) is 13.8 Å². The number of pyridine rings is 1. The number of amides is 2. The predicted molar refractivity (Wildman–Crippen MR) is 117 cm³/mol. The minimum atomic E-state index is -5.71. The lowest BCUT2D eigenvalue weighted by atomic mass is 10.0. The third-order valence-corrected chi connectivity index (χ3v) is 4.47. The summed E-state index contributed by atoms with van der Waals surface area (Å²) in [5, 5.41) is 8.70. The van der Waals surface area contributed by atoms with Crippen LogP contribution in [0.2, 0.25) is 0 Å². The molecule has 0 aliphatic heterocycles. The Labute approximate surface area is 201 Å². The molecule has 36 heavy (non-hydrogen) atoms. The van der Waals surface area contributed by atoms with E-state index in [2.05, 4.69) is 30.3 Å². The molecule has 0 fully saturated rings. The van der Waals surface area contributed by atoms with Crippen LogP contribution in [0.5, 0.6) is 5.88 Å². The molecule has 196 valence electrons. The molecule has 0 radical (unpaired) electrons. The lowest BCUT2D eigenvalue weighted by molar-refractivity contribution is -0.300. The summed E-state index contributed by atoms with van der Waals surface area (Å²) in [6.45, 7) is 4.52. The summed E-state index contributed by atoms with van der Waals surface area (Å²) in [6, 6.07) is 7.57. The van der Waals surface area contributed by atoms with Gasteiger partial charge in [0.1, 0.15) is 7.11 Å². The first-order chi connectivity index (χ1) is 16.5. The number of rotatable bonds is 8. The first-order valence-electron chi connectivity index (χ1n) is 10.1. The summed E-state index contributed by atoms with van der Waals surface area (Å²) in [5.41, 5.74) is -1.13. The maximum Gasteiger partial charge on any atom is 0.434 e. The van der Waals surface area contributed by atoms with Gasteiger partial charge in [-0.1, -0.05) is 17.3 Å². The Kier molecular flexibility index (Phi) is 8.54. The number of oxime groups is 1. The molecule has 14 heteroatoms. The van der Waals surface area contributed by atoms with Gasteiger partial charge in [-0.25, -0.2) is 4.98 Å². The third-order valence-electron chi connectivity index (χ3n) is 4.47. The molecule has 0 aliphatic carbocycles. The number of hydrogen-bond acceptors (Lipinski definition) is 6. The Bertz CT molecular complexity index is 1120. The SMILES string of the molecule is CON=CC(C)(C)NC(=O)c1ccccc1C(=O)Nc1ccc(OC(C(F)(F)F)C(F)(F)F)nc1C. The Hall–Kier alpha value is -3.84. The molecule has 0 saturated carbocycles. The van der Waals surface area contributed by atoms with E-state index in [4.69, 9.17) is 0 Å². The molecule has 0 spiro atoms. The molecule has 2 rings (SSSR count). The summed E-state index contributed by atoms with van der Waals surface area (Å²) in [7, 11) is 1.33. The zero-order valence-electron chi connectivity index (χ0n) is 19.4. The fourth-order valence-corrected chi connectivity index (χ4v) is 2.82. The average molecular weight is 520 g/mol. The van der Waals surface area contributed by atoms with Crippen molar-refractivity contribution in [3.8, 4) is 5.88 Å². The van der Waals surface area contributed by atoms with Crippen molar-refractivity contribution < 1.29 is 45.5 Å². The molecule has 0 saturated heterocycles. The number of anilines is 1. The van der Waals surface area contributed by atoms with Crippen molar-refractivity contribution >= 4 is 23.7 Å². The Morgan fingerprint density at radius 1 is 0.972 bits per heavy atom. The van der Waals surface area contributed by atoms with E-state index >= 15 is 0 Å². The van der Waals surface area contributed by atoms with Crippen LogP contribution in [-0.2, 0) is 4.84 Å². The highest BCUT2D eigenvalue weighted by Gasteiger charge is 2.59. The maximum atomic E-state index is 12.9. The minimum Gasteiger partial charge on any atom is -0.455 e. The molecule has 0 unspecified atom stereocenters.